The van der Waals surface area contributed by atoms with Gasteiger partial charge in [0.15, 0.2) is 5.82 Å². The number of nitrogens with zero attached hydrogens (tertiary/aromatic N) is 4. The van der Waals surface area contributed by atoms with Gasteiger partial charge in [-0.25, -0.2) is 14.8 Å². The number of fused-ring (bicyclic) bond motifs is 2. The summed E-state index contributed by atoms with van der Waals surface area (Å²) in [6, 6.07) is 17.9. The molecule has 2 aliphatic rings. The molecule has 2 N–H and O–H groups in total. The maximum Gasteiger partial charge on any atom is 0.410 e. The molecule has 1 unspecified atom stereocenters. The van der Waals surface area contributed by atoms with E-state index in [0.29, 0.717) is 24.7 Å². The Morgan fingerprint density at radius 2 is 1.89 bits per heavy atom. The molecule has 0 bridgehead atoms. The average molecular weight is 659 g/mol. The van der Waals surface area contributed by atoms with Crippen molar-refractivity contribution in [3.63, 3.8) is 0 Å². The van der Waals surface area contributed by atoms with Gasteiger partial charge in [-0.3, -0.25) is 4.79 Å². The van der Waals surface area contributed by atoms with Gasteiger partial charge in [-0.05, 0) is 64.1 Å². The second kappa shape index (κ2) is 13.4. The van der Waals surface area contributed by atoms with E-state index >= 15 is 0 Å². The molecular formula is C34H38N6O4S2. The van der Waals surface area contributed by atoms with Crippen LogP contribution in [0, 0.1) is 0 Å². The number of benzene rings is 2. The number of hydrogen-bond donors (Lipinski definition) is 2. The van der Waals surface area contributed by atoms with Crippen molar-refractivity contribution in [2.24, 2.45) is 0 Å². The quantitative estimate of drug-likeness (QED) is 0.193. The van der Waals surface area contributed by atoms with Crippen molar-refractivity contribution in [3.8, 4) is 11.3 Å². The van der Waals surface area contributed by atoms with Crippen LogP contribution < -0.4 is 15.8 Å². The van der Waals surface area contributed by atoms with Gasteiger partial charge in [0.05, 0.1) is 30.6 Å². The molecule has 1 atom stereocenters. The fraction of sp³-hybridized carbons (Fsp3) is 0.353. The highest BCUT2D eigenvalue weighted by molar-refractivity contribution is 8.05. The van der Waals surface area contributed by atoms with Crippen LogP contribution in [0.25, 0.3) is 11.3 Å². The number of aromatic nitrogens is 3. The number of aromatic amines is 1. The first-order chi connectivity index (χ1) is 22.0. The molecule has 4 heterocycles. The number of hydrogen-bond acceptors (Lipinski definition) is 10. The Balaban J connectivity index is 1.15. The summed E-state index contributed by atoms with van der Waals surface area (Å²) in [6.07, 6.45) is 1.29. The summed E-state index contributed by atoms with van der Waals surface area (Å²) in [5.74, 6) is 0.612. The van der Waals surface area contributed by atoms with E-state index in [9.17, 15) is 9.59 Å². The van der Waals surface area contributed by atoms with Crippen molar-refractivity contribution < 1.29 is 14.3 Å². The van der Waals surface area contributed by atoms with Gasteiger partial charge in [-0.2, -0.15) is 0 Å². The van der Waals surface area contributed by atoms with Crippen molar-refractivity contribution in [3.05, 3.63) is 82.7 Å². The second-order valence-corrected chi connectivity index (χ2v) is 14.4. The molecule has 1 saturated heterocycles. The number of carbonyl (C=O) groups excluding carboxylic acids is 1. The Morgan fingerprint density at radius 1 is 1.09 bits per heavy atom. The normalized spacial score (nSPS) is 15.0. The number of rotatable bonds is 7. The molecule has 10 nitrogen and oxygen atoms in total. The lowest BCUT2D eigenvalue weighted by Crippen LogP contribution is -2.42. The lowest BCUT2D eigenvalue weighted by atomic mass is 10.1. The Bertz CT molecular complexity index is 1800. The molecule has 0 spiro atoms. The summed E-state index contributed by atoms with van der Waals surface area (Å²) in [5, 5.41) is 3.53. The third-order valence-electron chi connectivity index (χ3n) is 7.98. The lowest BCUT2D eigenvalue weighted by molar-refractivity contribution is 0.0749. The van der Waals surface area contributed by atoms with E-state index in [2.05, 4.69) is 61.6 Å². The molecule has 4 aromatic rings. The highest BCUT2D eigenvalue weighted by Gasteiger charge is 2.25. The average Bonchev–Trinajstić information content (AvgIpc) is 3.05. The van der Waals surface area contributed by atoms with Gasteiger partial charge in [-0.1, -0.05) is 35.7 Å². The van der Waals surface area contributed by atoms with Crippen LogP contribution in [0.1, 0.15) is 45.3 Å². The van der Waals surface area contributed by atoms with E-state index in [0.717, 1.165) is 55.3 Å². The van der Waals surface area contributed by atoms with Gasteiger partial charge in [0.1, 0.15) is 6.61 Å². The van der Waals surface area contributed by atoms with Crippen LogP contribution in [0.2, 0.25) is 0 Å². The SMILES string of the molecule is CC(Nc1ccc2c(c1)Sc1cccc(-c3cc(N4CCOCC4)cc(=O)[nH]3)c1S2)c1nccc(COC(=O)N(C)C(C)(C)C)n1. The standard InChI is InChI=1S/C34H38N6O4S2/c1-21(32-35-12-11-23(37-32)20-44-33(42)39(5)34(2,3)4)36-22-9-10-27-29(17-22)45-28-8-6-7-25(31(28)46-27)26-18-24(19-30(41)38-26)40-13-15-43-16-14-40/h6-12,17-19,21,36H,13-16,20H2,1-5H3,(H,38,41). The highest BCUT2D eigenvalue weighted by atomic mass is 32.2. The molecule has 240 valence electrons. The molecule has 2 aliphatic heterocycles. The van der Waals surface area contributed by atoms with Crippen molar-refractivity contribution in [1.82, 2.24) is 19.9 Å². The maximum atomic E-state index is 12.7. The van der Waals surface area contributed by atoms with E-state index in [-0.39, 0.29) is 23.7 Å². The smallest absolute Gasteiger partial charge is 0.410 e. The number of morpholine rings is 1. The van der Waals surface area contributed by atoms with Crippen LogP contribution in [-0.4, -0.2) is 64.8 Å². The Kier molecular flexibility index (Phi) is 9.30. The molecule has 12 heteroatoms. The fourth-order valence-corrected chi connectivity index (χ4v) is 7.52. The second-order valence-electron chi connectivity index (χ2n) is 12.3. The van der Waals surface area contributed by atoms with E-state index in [1.165, 1.54) is 0 Å². The molecule has 1 fully saturated rings. The van der Waals surface area contributed by atoms with E-state index < -0.39 is 6.09 Å². The summed E-state index contributed by atoms with van der Waals surface area (Å²) in [7, 11) is 1.72. The van der Waals surface area contributed by atoms with Crippen molar-refractivity contribution in [2.75, 3.05) is 43.6 Å². The molecule has 6 rings (SSSR count). The zero-order chi connectivity index (χ0) is 32.4. The van der Waals surface area contributed by atoms with Gasteiger partial charge in [0.2, 0.25) is 5.56 Å². The van der Waals surface area contributed by atoms with Gasteiger partial charge in [0.25, 0.3) is 0 Å². The number of pyridine rings is 1. The lowest BCUT2D eigenvalue weighted by Gasteiger charge is -2.30. The van der Waals surface area contributed by atoms with Gasteiger partial charge in [0, 0.05) is 74.5 Å². The van der Waals surface area contributed by atoms with Gasteiger partial charge < -0.3 is 29.6 Å². The van der Waals surface area contributed by atoms with E-state index in [1.807, 2.05) is 33.8 Å². The summed E-state index contributed by atoms with van der Waals surface area (Å²) >= 11 is 3.43. The molecule has 0 radical (unpaired) electrons. The third kappa shape index (κ3) is 7.19. The van der Waals surface area contributed by atoms with Crippen LogP contribution in [0.5, 0.6) is 0 Å². The topological polar surface area (TPSA) is 113 Å². The highest BCUT2D eigenvalue weighted by Crippen LogP contribution is 2.52. The van der Waals surface area contributed by atoms with Gasteiger partial charge in [-0.15, -0.1) is 0 Å². The van der Waals surface area contributed by atoms with Crippen LogP contribution in [0.3, 0.4) is 0 Å². The largest absolute Gasteiger partial charge is 0.443 e. The van der Waals surface area contributed by atoms with Crippen molar-refractivity contribution >= 4 is 41.0 Å². The summed E-state index contributed by atoms with van der Waals surface area (Å²) in [5.41, 5.74) is 3.88. The monoisotopic (exact) mass is 658 g/mol. The number of nitrogens with one attached hydrogen (secondary N) is 2. The van der Waals surface area contributed by atoms with Crippen molar-refractivity contribution in [2.45, 2.75) is 65.5 Å². The zero-order valence-corrected chi connectivity index (χ0v) is 28.3. The van der Waals surface area contributed by atoms with Gasteiger partial charge >= 0.3 is 6.09 Å². The predicted molar refractivity (Wildman–Crippen MR) is 182 cm³/mol. The Labute approximate surface area is 277 Å². The fourth-order valence-electron chi connectivity index (χ4n) is 5.10. The van der Waals surface area contributed by atoms with Crippen molar-refractivity contribution in [1.29, 1.82) is 0 Å². The summed E-state index contributed by atoms with van der Waals surface area (Å²) in [6.45, 7) is 10.8. The molecular weight excluding hydrogens is 621 g/mol. The molecule has 46 heavy (non-hydrogen) atoms. The van der Waals surface area contributed by atoms with Crippen LogP contribution in [-0.2, 0) is 16.1 Å². The minimum absolute atomic E-state index is 0.0704. The molecule has 0 saturated carbocycles. The molecule has 1 amide bonds. The van der Waals surface area contributed by atoms with Crippen LogP contribution in [0.15, 0.2) is 85.2 Å². The molecule has 2 aromatic heterocycles. The summed E-state index contributed by atoms with van der Waals surface area (Å²) < 4.78 is 11.0. The molecule has 2 aromatic carbocycles. The first-order valence-electron chi connectivity index (χ1n) is 15.2. The van der Waals surface area contributed by atoms with E-state index in [1.54, 1.807) is 53.8 Å². The Morgan fingerprint density at radius 3 is 2.67 bits per heavy atom. The minimum atomic E-state index is -0.397. The maximum absolute atomic E-state index is 12.7. The number of ether oxygens (including phenoxy) is 2. The summed E-state index contributed by atoms with van der Waals surface area (Å²) in [4.78, 5) is 45.6. The Hall–Kier alpha value is -4.00. The number of anilines is 2. The first-order valence-corrected chi connectivity index (χ1v) is 16.9. The number of amides is 1. The van der Waals surface area contributed by atoms with E-state index in [4.69, 9.17) is 9.47 Å². The van der Waals surface area contributed by atoms with Crippen LogP contribution in [0.4, 0.5) is 16.2 Å². The zero-order valence-electron chi connectivity index (χ0n) is 26.6. The minimum Gasteiger partial charge on any atom is -0.443 e. The number of carbonyl (C=O) groups is 1. The third-order valence-corrected chi connectivity index (χ3v) is 10.6. The number of H-pyrrole nitrogens is 1. The molecule has 0 aliphatic carbocycles. The predicted octanol–water partition coefficient (Wildman–Crippen LogP) is 6.82. The van der Waals surface area contributed by atoms with Crippen LogP contribution >= 0.6 is 23.5 Å². The first kappa shape index (κ1) is 32.0.